The van der Waals surface area contributed by atoms with Gasteiger partial charge in [0, 0.05) is 13.6 Å². The summed E-state index contributed by atoms with van der Waals surface area (Å²) in [5.74, 6) is -0.453. The van der Waals surface area contributed by atoms with Crippen molar-refractivity contribution in [2.24, 2.45) is 0 Å². The Morgan fingerprint density at radius 1 is 1.59 bits per heavy atom. The van der Waals surface area contributed by atoms with Gasteiger partial charge in [0.2, 0.25) is 5.91 Å². The van der Waals surface area contributed by atoms with E-state index in [1.54, 1.807) is 26.1 Å². The van der Waals surface area contributed by atoms with Crippen LogP contribution in [0.15, 0.2) is 17.5 Å². The topological polar surface area (TPSA) is 69.6 Å². The van der Waals surface area contributed by atoms with Crippen molar-refractivity contribution in [1.82, 2.24) is 10.2 Å². The van der Waals surface area contributed by atoms with Gasteiger partial charge in [-0.05, 0) is 18.4 Å². The number of hydrogen-bond donors (Lipinski definition) is 2. The average molecular weight is 256 g/mol. The Balaban J connectivity index is 2.41. The van der Waals surface area contributed by atoms with Crippen molar-refractivity contribution in [2.75, 3.05) is 20.1 Å². The zero-order valence-corrected chi connectivity index (χ0v) is 10.7. The number of aliphatic hydroxyl groups excluding tert-OH is 1. The van der Waals surface area contributed by atoms with Gasteiger partial charge in [0.15, 0.2) is 0 Å². The number of likely N-dealkylation sites (N-methyl/N-ethyl adjacent to an activating group) is 1. The van der Waals surface area contributed by atoms with Crippen LogP contribution in [0.4, 0.5) is 0 Å². The lowest BCUT2D eigenvalue weighted by atomic mass is 10.3. The smallest absolute Gasteiger partial charge is 0.264 e. The molecule has 0 saturated carbocycles. The summed E-state index contributed by atoms with van der Waals surface area (Å²) >= 11 is 1.34. The van der Waals surface area contributed by atoms with Gasteiger partial charge in [-0.1, -0.05) is 6.07 Å². The van der Waals surface area contributed by atoms with Crippen molar-refractivity contribution in [1.29, 1.82) is 0 Å². The molecule has 94 valence electrons. The quantitative estimate of drug-likeness (QED) is 0.797. The van der Waals surface area contributed by atoms with E-state index in [1.165, 1.54) is 16.2 Å². The molecule has 1 heterocycles. The first-order chi connectivity index (χ1) is 8.00. The van der Waals surface area contributed by atoms with E-state index in [0.717, 1.165) is 0 Å². The van der Waals surface area contributed by atoms with E-state index in [0.29, 0.717) is 4.88 Å². The minimum atomic E-state index is -0.586. The molecule has 1 aromatic heterocycles. The van der Waals surface area contributed by atoms with Crippen molar-refractivity contribution in [2.45, 2.75) is 13.0 Å². The minimum Gasteiger partial charge on any atom is -0.392 e. The fourth-order valence-corrected chi connectivity index (χ4v) is 1.91. The SMILES string of the molecule is C[C@H](O)CNC(=O)CN(C)C(=O)c1cccs1. The molecule has 1 aromatic rings. The van der Waals surface area contributed by atoms with Gasteiger partial charge in [-0.15, -0.1) is 11.3 Å². The molecule has 1 atom stereocenters. The summed E-state index contributed by atoms with van der Waals surface area (Å²) in [5, 5.41) is 13.3. The average Bonchev–Trinajstić information content (AvgIpc) is 2.78. The molecule has 0 fully saturated rings. The van der Waals surface area contributed by atoms with Crippen LogP contribution in [0.3, 0.4) is 0 Å². The van der Waals surface area contributed by atoms with Gasteiger partial charge in [0.05, 0.1) is 17.5 Å². The van der Waals surface area contributed by atoms with Crippen LogP contribution in [0.25, 0.3) is 0 Å². The van der Waals surface area contributed by atoms with Crippen LogP contribution in [-0.4, -0.2) is 48.1 Å². The number of rotatable bonds is 5. The molecule has 0 saturated heterocycles. The number of aliphatic hydroxyl groups is 1. The van der Waals surface area contributed by atoms with Gasteiger partial charge in [-0.3, -0.25) is 9.59 Å². The second kappa shape index (κ2) is 6.36. The predicted octanol–water partition coefficient (Wildman–Crippen LogP) is 0.317. The van der Waals surface area contributed by atoms with Crippen LogP contribution in [0.2, 0.25) is 0 Å². The summed E-state index contributed by atoms with van der Waals surface area (Å²) < 4.78 is 0. The zero-order chi connectivity index (χ0) is 12.8. The van der Waals surface area contributed by atoms with Crippen molar-refractivity contribution in [3.05, 3.63) is 22.4 Å². The molecule has 1 rings (SSSR count). The number of nitrogens with zero attached hydrogens (tertiary/aromatic N) is 1. The van der Waals surface area contributed by atoms with Crippen molar-refractivity contribution < 1.29 is 14.7 Å². The maximum Gasteiger partial charge on any atom is 0.264 e. The van der Waals surface area contributed by atoms with Crippen LogP contribution < -0.4 is 5.32 Å². The molecule has 0 aliphatic rings. The maximum absolute atomic E-state index is 11.8. The number of thiophene rings is 1. The molecular formula is C11H16N2O3S. The van der Waals surface area contributed by atoms with Crippen molar-refractivity contribution >= 4 is 23.2 Å². The Kier molecular flexibility index (Phi) is 5.11. The van der Waals surface area contributed by atoms with Crippen molar-refractivity contribution in [3.8, 4) is 0 Å². The fraction of sp³-hybridized carbons (Fsp3) is 0.455. The summed E-state index contributed by atoms with van der Waals surface area (Å²) in [5.41, 5.74) is 0. The Hall–Kier alpha value is -1.40. The monoisotopic (exact) mass is 256 g/mol. The van der Waals surface area contributed by atoms with E-state index < -0.39 is 6.10 Å². The van der Waals surface area contributed by atoms with Crippen LogP contribution in [-0.2, 0) is 4.79 Å². The predicted molar refractivity (Wildman–Crippen MR) is 66.0 cm³/mol. The molecule has 17 heavy (non-hydrogen) atoms. The van der Waals surface area contributed by atoms with Crippen LogP contribution in [0, 0.1) is 0 Å². The second-order valence-electron chi connectivity index (χ2n) is 3.79. The number of carbonyl (C=O) groups excluding carboxylic acids is 2. The maximum atomic E-state index is 11.8. The van der Waals surface area contributed by atoms with Gasteiger partial charge in [-0.2, -0.15) is 0 Å². The van der Waals surface area contributed by atoms with Gasteiger partial charge in [-0.25, -0.2) is 0 Å². The third-order valence-electron chi connectivity index (χ3n) is 2.05. The highest BCUT2D eigenvalue weighted by molar-refractivity contribution is 7.12. The fourth-order valence-electron chi connectivity index (χ4n) is 1.19. The van der Waals surface area contributed by atoms with Crippen LogP contribution in [0.5, 0.6) is 0 Å². The largest absolute Gasteiger partial charge is 0.392 e. The lowest BCUT2D eigenvalue weighted by Gasteiger charge is -2.16. The number of hydrogen-bond acceptors (Lipinski definition) is 4. The molecule has 0 aromatic carbocycles. The molecule has 0 unspecified atom stereocenters. The third-order valence-corrected chi connectivity index (χ3v) is 2.91. The highest BCUT2D eigenvalue weighted by Crippen LogP contribution is 2.10. The lowest BCUT2D eigenvalue weighted by molar-refractivity contribution is -0.122. The number of nitrogens with one attached hydrogen (secondary N) is 1. The third kappa shape index (κ3) is 4.54. The van der Waals surface area contributed by atoms with E-state index in [2.05, 4.69) is 5.32 Å². The summed E-state index contributed by atoms with van der Waals surface area (Å²) in [4.78, 5) is 25.2. The molecule has 6 heteroatoms. The Labute approximate surface area is 104 Å². The first-order valence-electron chi connectivity index (χ1n) is 5.24. The minimum absolute atomic E-state index is 0.0105. The van der Waals surface area contributed by atoms with Crippen molar-refractivity contribution in [3.63, 3.8) is 0 Å². The first kappa shape index (κ1) is 13.7. The van der Waals surface area contributed by atoms with E-state index in [-0.39, 0.29) is 24.9 Å². The highest BCUT2D eigenvalue weighted by Gasteiger charge is 2.15. The van der Waals surface area contributed by atoms with E-state index in [9.17, 15) is 9.59 Å². The van der Waals surface area contributed by atoms with Crippen LogP contribution >= 0.6 is 11.3 Å². The summed E-state index contributed by atoms with van der Waals surface area (Å²) in [6, 6.07) is 3.51. The zero-order valence-electron chi connectivity index (χ0n) is 9.84. The molecule has 2 N–H and O–H groups in total. The Morgan fingerprint density at radius 3 is 2.82 bits per heavy atom. The first-order valence-corrected chi connectivity index (χ1v) is 6.12. The standard InChI is InChI=1S/C11H16N2O3S/c1-8(14)6-12-10(15)7-13(2)11(16)9-4-3-5-17-9/h3-5,8,14H,6-7H2,1-2H3,(H,12,15)/t8-/m0/s1. The number of amides is 2. The van der Waals surface area contributed by atoms with Crippen LogP contribution in [0.1, 0.15) is 16.6 Å². The number of carbonyl (C=O) groups is 2. The van der Waals surface area contributed by atoms with E-state index in [4.69, 9.17) is 5.11 Å². The van der Waals surface area contributed by atoms with E-state index in [1.807, 2.05) is 5.38 Å². The molecule has 2 amide bonds. The second-order valence-corrected chi connectivity index (χ2v) is 4.74. The molecular weight excluding hydrogens is 240 g/mol. The Morgan fingerprint density at radius 2 is 2.29 bits per heavy atom. The summed E-state index contributed by atoms with van der Waals surface area (Å²) in [7, 11) is 1.57. The summed E-state index contributed by atoms with van der Waals surface area (Å²) in [6.45, 7) is 1.77. The molecule has 0 aliphatic heterocycles. The van der Waals surface area contributed by atoms with Gasteiger partial charge < -0.3 is 15.3 Å². The van der Waals surface area contributed by atoms with E-state index >= 15 is 0 Å². The molecule has 5 nitrogen and oxygen atoms in total. The molecule has 0 spiro atoms. The highest BCUT2D eigenvalue weighted by atomic mass is 32.1. The summed E-state index contributed by atoms with van der Waals surface area (Å²) in [6.07, 6.45) is -0.586. The van der Waals surface area contributed by atoms with Gasteiger partial charge in [0.1, 0.15) is 0 Å². The normalized spacial score (nSPS) is 11.9. The van der Waals surface area contributed by atoms with Gasteiger partial charge in [0.25, 0.3) is 5.91 Å². The van der Waals surface area contributed by atoms with Gasteiger partial charge >= 0.3 is 0 Å². The molecule has 0 radical (unpaired) electrons. The molecule has 0 aliphatic carbocycles. The molecule has 0 bridgehead atoms. The lowest BCUT2D eigenvalue weighted by Crippen LogP contribution is -2.40. The Bertz CT molecular complexity index is 376.